The normalized spacial score (nSPS) is 10.6. The molecule has 0 unspecified atom stereocenters. The molecule has 0 aliphatic rings. The molecule has 1 amide bonds. The number of carbonyl (C=O) groups excluding carboxylic acids is 1. The lowest BCUT2D eigenvalue weighted by Gasteiger charge is -2.11. The summed E-state index contributed by atoms with van der Waals surface area (Å²) in [5, 5.41) is 3.37. The van der Waals surface area contributed by atoms with Crippen molar-refractivity contribution in [2.24, 2.45) is 0 Å². The first-order valence-corrected chi connectivity index (χ1v) is 7.86. The van der Waals surface area contributed by atoms with Gasteiger partial charge in [0, 0.05) is 26.8 Å². The second-order valence-electron chi connectivity index (χ2n) is 4.56. The largest absolute Gasteiger partial charge is 0.493 e. The van der Waals surface area contributed by atoms with Crippen LogP contribution in [0.1, 0.15) is 5.56 Å². The lowest BCUT2D eigenvalue weighted by Crippen LogP contribution is -2.07. The number of halogens is 2. The van der Waals surface area contributed by atoms with Gasteiger partial charge in [0.15, 0.2) is 11.5 Å². The van der Waals surface area contributed by atoms with E-state index in [1.807, 2.05) is 6.07 Å². The second kappa shape index (κ2) is 8.04. The van der Waals surface area contributed by atoms with Crippen LogP contribution in [0, 0.1) is 0 Å². The van der Waals surface area contributed by atoms with Gasteiger partial charge in [-0.1, -0.05) is 27.5 Å². The van der Waals surface area contributed by atoms with Crippen molar-refractivity contribution in [3.63, 3.8) is 0 Å². The van der Waals surface area contributed by atoms with Gasteiger partial charge in [-0.15, -0.1) is 0 Å². The van der Waals surface area contributed by atoms with Crippen molar-refractivity contribution < 1.29 is 14.3 Å². The molecule has 0 bridgehead atoms. The fourth-order valence-electron chi connectivity index (χ4n) is 1.97. The molecule has 120 valence electrons. The van der Waals surface area contributed by atoms with Crippen molar-refractivity contribution in [2.45, 2.75) is 0 Å². The minimum Gasteiger partial charge on any atom is -0.493 e. The molecular formula is C17H15BrClNO3. The monoisotopic (exact) mass is 395 g/mol. The first kappa shape index (κ1) is 17.4. The fraction of sp³-hybridized carbons (Fsp3) is 0.118. The van der Waals surface area contributed by atoms with Gasteiger partial charge in [-0.05, 0) is 42.5 Å². The summed E-state index contributed by atoms with van der Waals surface area (Å²) in [5.41, 5.74) is 1.40. The summed E-state index contributed by atoms with van der Waals surface area (Å²) in [5.74, 6) is 0.888. The summed E-state index contributed by atoms with van der Waals surface area (Å²) in [4.78, 5) is 12.0. The molecule has 0 spiro atoms. The van der Waals surface area contributed by atoms with Crippen LogP contribution in [0.5, 0.6) is 11.5 Å². The van der Waals surface area contributed by atoms with Crippen LogP contribution in [0.2, 0.25) is 5.02 Å². The van der Waals surface area contributed by atoms with Crippen LogP contribution in [0.15, 0.2) is 46.9 Å². The van der Waals surface area contributed by atoms with Gasteiger partial charge in [0.2, 0.25) is 5.91 Å². The van der Waals surface area contributed by atoms with Crippen LogP contribution >= 0.6 is 27.5 Å². The highest BCUT2D eigenvalue weighted by Gasteiger charge is 2.10. The number of nitrogens with one attached hydrogen (secondary N) is 1. The van der Waals surface area contributed by atoms with E-state index >= 15 is 0 Å². The lowest BCUT2D eigenvalue weighted by molar-refractivity contribution is -0.111. The summed E-state index contributed by atoms with van der Waals surface area (Å²) < 4.78 is 11.4. The van der Waals surface area contributed by atoms with Crippen molar-refractivity contribution in [2.75, 3.05) is 19.5 Å². The molecule has 23 heavy (non-hydrogen) atoms. The van der Waals surface area contributed by atoms with Crippen LogP contribution in [0.3, 0.4) is 0 Å². The number of ether oxygens (including phenoxy) is 2. The zero-order valence-electron chi connectivity index (χ0n) is 12.6. The number of benzene rings is 2. The molecule has 6 heteroatoms. The van der Waals surface area contributed by atoms with Crippen molar-refractivity contribution in [1.82, 2.24) is 0 Å². The topological polar surface area (TPSA) is 47.6 Å². The van der Waals surface area contributed by atoms with Crippen LogP contribution < -0.4 is 14.8 Å². The third-order valence-corrected chi connectivity index (χ3v) is 3.71. The Kier molecular flexibility index (Phi) is 6.07. The van der Waals surface area contributed by atoms with E-state index in [4.69, 9.17) is 21.1 Å². The molecule has 2 rings (SSSR count). The van der Waals surface area contributed by atoms with Gasteiger partial charge in [0.25, 0.3) is 0 Å². The van der Waals surface area contributed by atoms with Crippen LogP contribution in [0.4, 0.5) is 5.69 Å². The molecule has 0 saturated heterocycles. The van der Waals surface area contributed by atoms with Gasteiger partial charge in [0.1, 0.15) is 0 Å². The number of carbonyl (C=O) groups is 1. The quantitative estimate of drug-likeness (QED) is 0.741. The third kappa shape index (κ3) is 4.74. The molecule has 4 nitrogen and oxygen atoms in total. The number of amides is 1. The summed E-state index contributed by atoms with van der Waals surface area (Å²) in [6, 6.07) is 10.5. The highest BCUT2D eigenvalue weighted by Crippen LogP contribution is 2.35. The van der Waals surface area contributed by atoms with Crippen molar-refractivity contribution in [3.05, 3.63) is 57.5 Å². The lowest BCUT2D eigenvalue weighted by atomic mass is 10.1. The zero-order chi connectivity index (χ0) is 16.8. The average Bonchev–Trinajstić information content (AvgIpc) is 2.54. The van der Waals surface area contributed by atoms with Crippen molar-refractivity contribution >= 4 is 45.2 Å². The van der Waals surface area contributed by atoms with Gasteiger partial charge in [0.05, 0.1) is 14.2 Å². The molecule has 1 N–H and O–H groups in total. The maximum absolute atomic E-state index is 12.0. The molecule has 0 aliphatic carbocycles. The van der Waals surface area contributed by atoms with Gasteiger partial charge in [-0.25, -0.2) is 0 Å². The Labute approximate surface area is 148 Å². The molecule has 2 aromatic carbocycles. The highest BCUT2D eigenvalue weighted by atomic mass is 79.9. The Hall–Kier alpha value is -1.98. The Morgan fingerprint density at radius 1 is 1.17 bits per heavy atom. The van der Waals surface area contributed by atoms with E-state index in [1.54, 1.807) is 50.6 Å². The van der Waals surface area contributed by atoms with E-state index in [-0.39, 0.29) is 5.91 Å². The molecule has 0 saturated carbocycles. The Bertz CT molecular complexity index is 729. The highest BCUT2D eigenvalue weighted by molar-refractivity contribution is 9.10. The second-order valence-corrected chi connectivity index (χ2v) is 5.91. The molecule has 2 aromatic rings. The molecule has 0 radical (unpaired) electrons. The summed E-state index contributed by atoms with van der Waals surface area (Å²) in [7, 11) is 3.11. The SMILES string of the molecule is COc1cc(Br)cc(/C=C/C(=O)Nc2ccc(Cl)cc2)c1OC. The first-order valence-electron chi connectivity index (χ1n) is 6.69. The Morgan fingerprint density at radius 3 is 2.48 bits per heavy atom. The molecule has 0 aromatic heterocycles. The predicted molar refractivity (Wildman–Crippen MR) is 96.4 cm³/mol. The Balaban J connectivity index is 2.17. The molecule has 0 fully saturated rings. The van der Waals surface area contributed by atoms with Gasteiger partial charge < -0.3 is 14.8 Å². The zero-order valence-corrected chi connectivity index (χ0v) is 14.9. The smallest absolute Gasteiger partial charge is 0.248 e. The number of anilines is 1. The van der Waals surface area contributed by atoms with Crippen LogP contribution in [-0.2, 0) is 4.79 Å². The van der Waals surface area contributed by atoms with E-state index in [2.05, 4.69) is 21.2 Å². The standard InChI is InChI=1S/C17H15BrClNO3/c1-22-15-10-12(18)9-11(17(15)23-2)3-8-16(21)20-14-6-4-13(19)5-7-14/h3-10H,1-2H3,(H,20,21)/b8-3+. The third-order valence-electron chi connectivity index (χ3n) is 3.00. The minimum absolute atomic E-state index is 0.256. The Morgan fingerprint density at radius 2 is 1.87 bits per heavy atom. The summed E-state index contributed by atoms with van der Waals surface area (Å²) >= 11 is 9.21. The fourth-order valence-corrected chi connectivity index (χ4v) is 2.55. The summed E-state index contributed by atoms with van der Waals surface area (Å²) in [6.07, 6.45) is 3.09. The number of hydrogen-bond donors (Lipinski definition) is 1. The van der Waals surface area contributed by atoms with Gasteiger partial charge in [-0.3, -0.25) is 4.79 Å². The first-order chi connectivity index (χ1) is 11.0. The van der Waals surface area contributed by atoms with Crippen LogP contribution in [0.25, 0.3) is 6.08 Å². The maximum Gasteiger partial charge on any atom is 0.248 e. The molecule has 0 heterocycles. The van der Waals surface area contributed by atoms with E-state index in [0.29, 0.717) is 22.2 Å². The van der Waals surface area contributed by atoms with Gasteiger partial charge in [-0.2, -0.15) is 0 Å². The van der Waals surface area contributed by atoms with E-state index in [9.17, 15) is 4.79 Å². The number of rotatable bonds is 5. The summed E-state index contributed by atoms with van der Waals surface area (Å²) in [6.45, 7) is 0. The minimum atomic E-state index is -0.256. The van der Waals surface area contributed by atoms with Gasteiger partial charge >= 0.3 is 0 Å². The number of methoxy groups -OCH3 is 2. The molecule has 0 atom stereocenters. The molecular weight excluding hydrogens is 382 g/mol. The van der Waals surface area contributed by atoms with E-state index in [0.717, 1.165) is 10.0 Å². The molecule has 0 aliphatic heterocycles. The van der Waals surface area contributed by atoms with Crippen molar-refractivity contribution in [1.29, 1.82) is 0 Å². The van der Waals surface area contributed by atoms with Crippen molar-refractivity contribution in [3.8, 4) is 11.5 Å². The van der Waals surface area contributed by atoms with E-state index in [1.165, 1.54) is 6.08 Å². The maximum atomic E-state index is 12.0. The van der Waals surface area contributed by atoms with E-state index < -0.39 is 0 Å². The van der Waals surface area contributed by atoms with Crippen LogP contribution in [-0.4, -0.2) is 20.1 Å². The average molecular weight is 397 g/mol. The predicted octanol–water partition coefficient (Wildman–Crippen LogP) is 4.77. The number of hydrogen-bond acceptors (Lipinski definition) is 3.